The van der Waals surface area contributed by atoms with Crippen molar-refractivity contribution in [3.8, 4) is 10.6 Å². The van der Waals surface area contributed by atoms with Crippen molar-refractivity contribution >= 4 is 17.6 Å². The number of hydrogen-bond acceptors (Lipinski definition) is 5. The topological polar surface area (TPSA) is 36.4 Å². The molecule has 0 unspecified atom stereocenters. The number of benzene rings is 1. The summed E-state index contributed by atoms with van der Waals surface area (Å²) in [5.74, 6) is 0. The fourth-order valence-electron chi connectivity index (χ4n) is 2.54. The Morgan fingerprint density at radius 2 is 2.10 bits per heavy atom. The van der Waals surface area contributed by atoms with E-state index >= 15 is 0 Å². The minimum atomic E-state index is 0.513. The molecule has 2 heterocycles. The molecule has 3 rings (SSSR count). The molecular weight excluding hydrogens is 282 g/mol. The second-order valence-electron chi connectivity index (χ2n) is 5.48. The second kappa shape index (κ2) is 6.47. The van der Waals surface area contributed by atoms with Gasteiger partial charge in [0, 0.05) is 43.7 Å². The Morgan fingerprint density at radius 3 is 2.81 bits per heavy atom. The van der Waals surface area contributed by atoms with Crippen molar-refractivity contribution in [2.24, 2.45) is 0 Å². The molecule has 0 radical (unpaired) electrons. The fourth-order valence-corrected chi connectivity index (χ4v) is 3.30. The van der Waals surface area contributed by atoms with E-state index in [9.17, 15) is 4.79 Å². The number of likely N-dealkylation sites (N-methyl/N-ethyl adjacent to an activating group) is 1. The summed E-state index contributed by atoms with van der Waals surface area (Å²) < 4.78 is 0. The number of aromatic nitrogens is 1. The lowest BCUT2D eigenvalue weighted by atomic mass is 10.1. The van der Waals surface area contributed by atoms with Crippen LogP contribution in [0.25, 0.3) is 10.6 Å². The summed E-state index contributed by atoms with van der Waals surface area (Å²) in [6.07, 6.45) is 0.800. The van der Waals surface area contributed by atoms with Gasteiger partial charge in [-0.1, -0.05) is 18.2 Å². The van der Waals surface area contributed by atoms with Gasteiger partial charge in [-0.2, -0.15) is 0 Å². The molecule has 0 atom stereocenters. The van der Waals surface area contributed by atoms with E-state index in [1.165, 1.54) is 16.9 Å². The predicted octanol–water partition coefficient (Wildman–Crippen LogP) is 2.37. The van der Waals surface area contributed by atoms with Gasteiger partial charge >= 0.3 is 0 Å². The lowest BCUT2D eigenvalue weighted by molar-refractivity contribution is 0.111. The van der Waals surface area contributed by atoms with Crippen LogP contribution in [0.2, 0.25) is 0 Å². The van der Waals surface area contributed by atoms with Crippen molar-refractivity contribution in [2.45, 2.75) is 6.54 Å². The molecule has 0 spiro atoms. The molecule has 0 bridgehead atoms. The van der Waals surface area contributed by atoms with E-state index < -0.39 is 0 Å². The monoisotopic (exact) mass is 301 g/mol. The maximum absolute atomic E-state index is 10.7. The Hall–Kier alpha value is -1.56. The summed E-state index contributed by atoms with van der Waals surface area (Å²) in [5.41, 5.74) is 2.92. The Labute approximate surface area is 129 Å². The first-order chi connectivity index (χ1) is 10.2. The summed E-state index contributed by atoms with van der Waals surface area (Å²) in [6.45, 7) is 5.48. The van der Waals surface area contributed by atoms with E-state index in [0.717, 1.165) is 49.6 Å². The highest BCUT2D eigenvalue weighted by Gasteiger charge is 2.14. The van der Waals surface area contributed by atoms with E-state index in [4.69, 9.17) is 0 Å². The Bertz CT molecular complexity index is 617. The van der Waals surface area contributed by atoms with Gasteiger partial charge in [0.05, 0.1) is 0 Å². The zero-order chi connectivity index (χ0) is 14.7. The highest BCUT2D eigenvalue weighted by molar-refractivity contribution is 7.13. The molecule has 4 nitrogen and oxygen atoms in total. The first-order valence-corrected chi connectivity index (χ1v) is 8.03. The predicted molar refractivity (Wildman–Crippen MR) is 85.7 cm³/mol. The van der Waals surface area contributed by atoms with Gasteiger partial charge in [-0.3, -0.25) is 9.69 Å². The van der Waals surface area contributed by atoms with Crippen molar-refractivity contribution in [2.75, 3.05) is 33.2 Å². The average Bonchev–Trinajstić information content (AvgIpc) is 2.99. The van der Waals surface area contributed by atoms with Crippen LogP contribution in [-0.4, -0.2) is 54.3 Å². The molecule has 110 valence electrons. The molecule has 21 heavy (non-hydrogen) atoms. The average molecular weight is 301 g/mol. The summed E-state index contributed by atoms with van der Waals surface area (Å²) in [7, 11) is 2.17. The Balaban J connectivity index is 1.72. The van der Waals surface area contributed by atoms with Gasteiger partial charge in [0.25, 0.3) is 0 Å². The lowest BCUT2D eigenvalue weighted by Gasteiger charge is -2.32. The number of aldehydes is 1. The summed E-state index contributed by atoms with van der Waals surface area (Å²) >= 11 is 1.52. The van der Waals surface area contributed by atoms with Crippen LogP contribution in [0.4, 0.5) is 0 Å². The van der Waals surface area contributed by atoms with Gasteiger partial charge in [-0.05, 0) is 18.7 Å². The van der Waals surface area contributed by atoms with Gasteiger partial charge in [-0.25, -0.2) is 4.98 Å². The van der Waals surface area contributed by atoms with Crippen LogP contribution >= 0.6 is 11.3 Å². The molecule has 0 saturated carbocycles. The number of carbonyl (C=O) groups excluding carboxylic acids is 1. The molecular formula is C16H19N3OS. The van der Waals surface area contributed by atoms with Crippen LogP contribution in [0.1, 0.15) is 16.1 Å². The van der Waals surface area contributed by atoms with Crippen molar-refractivity contribution in [3.63, 3.8) is 0 Å². The van der Waals surface area contributed by atoms with E-state index in [2.05, 4.69) is 46.1 Å². The maximum Gasteiger partial charge on any atom is 0.169 e. The van der Waals surface area contributed by atoms with Crippen molar-refractivity contribution < 1.29 is 4.79 Å². The van der Waals surface area contributed by atoms with E-state index in [1.807, 2.05) is 0 Å². The molecule has 0 aliphatic carbocycles. The Morgan fingerprint density at radius 1 is 1.29 bits per heavy atom. The third-order valence-corrected chi connectivity index (χ3v) is 4.73. The summed E-state index contributed by atoms with van der Waals surface area (Å²) in [6, 6.07) is 8.48. The molecule has 1 aliphatic heterocycles. The molecule has 1 aromatic heterocycles. The van der Waals surface area contributed by atoms with Gasteiger partial charge in [0.15, 0.2) is 6.29 Å². The number of nitrogens with zero attached hydrogens (tertiary/aromatic N) is 3. The van der Waals surface area contributed by atoms with Crippen LogP contribution in [0, 0.1) is 0 Å². The minimum Gasteiger partial charge on any atom is -0.304 e. The number of rotatable bonds is 4. The highest BCUT2D eigenvalue weighted by atomic mass is 32.1. The highest BCUT2D eigenvalue weighted by Crippen LogP contribution is 2.24. The van der Waals surface area contributed by atoms with Gasteiger partial charge in [-0.15, -0.1) is 11.3 Å². The normalized spacial score (nSPS) is 17.0. The number of hydrogen-bond donors (Lipinski definition) is 0. The third kappa shape index (κ3) is 3.56. The van der Waals surface area contributed by atoms with Crippen LogP contribution in [0.15, 0.2) is 29.6 Å². The molecule has 0 N–H and O–H groups in total. The van der Waals surface area contributed by atoms with E-state index in [0.29, 0.717) is 5.69 Å². The van der Waals surface area contributed by atoms with E-state index in [1.54, 1.807) is 5.38 Å². The number of carbonyl (C=O) groups is 1. The maximum atomic E-state index is 10.7. The molecule has 0 amide bonds. The van der Waals surface area contributed by atoms with Gasteiger partial charge in [0.1, 0.15) is 10.7 Å². The SMILES string of the molecule is CN1CCN(Cc2cccc(-c3nc(C=O)cs3)c2)CC1. The first kappa shape index (κ1) is 14.4. The standard InChI is InChI=1S/C16H19N3OS/c1-18-5-7-19(8-6-18)10-13-3-2-4-14(9-13)16-17-15(11-20)12-21-16/h2-4,9,11-12H,5-8,10H2,1H3. The molecule has 2 aromatic rings. The van der Waals surface area contributed by atoms with Crippen molar-refractivity contribution in [3.05, 3.63) is 40.9 Å². The van der Waals surface area contributed by atoms with Gasteiger partial charge < -0.3 is 4.90 Å². The molecule has 1 saturated heterocycles. The van der Waals surface area contributed by atoms with Crippen LogP contribution in [0.3, 0.4) is 0 Å². The first-order valence-electron chi connectivity index (χ1n) is 7.15. The number of thiazole rings is 1. The van der Waals surface area contributed by atoms with Crippen molar-refractivity contribution in [1.29, 1.82) is 0 Å². The lowest BCUT2D eigenvalue weighted by Crippen LogP contribution is -2.43. The molecule has 1 fully saturated rings. The summed E-state index contributed by atoms with van der Waals surface area (Å²) in [5, 5.41) is 2.72. The molecule has 1 aromatic carbocycles. The molecule has 5 heteroatoms. The van der Waals surface area contributed by atoms with Gasteiger partial charge in [0.2, 0.25) is 0 Å². The fraction of sp³-hybridized carbons (Fsp3) is 0.375. The summed E-state index contributed by atoms with van der Waals surface area (Å²) in [4.78, 5) is 19.9. The van der Waals surface area contributed by atoms with Crippen molar-refractivity contribution in [1.82, 2.24) is 14.8 Å². The molecule has 1 aliphatic rings. The third-order valence-electron chi connectivity index (χ3n) is 3.82. The van der Waals surface area contributed by atoms with E-state index in [-0.39, 0.29) is 0 Å². The zero-order valence-electron chi connectivity index (χ0n) is 12.2. The minimum absolute atomic E-state index is 0.513. The Kier molecular flexibility index (Phi) is 4.43. The smallest absolute Gasteiger partial charge is 0.169 e. The quantitative estimate of drug-likeness (QED) is 0.812. The number of piperazine rings is 1. The largest absolute Gasteiger partial charge is 0.304 e. The van der Waals surface area contributed by atoms with Crippen LogP contribution in [0.5, 0.6) is 0 Å². The second-order valence-corrected chi connectivity index (χ2v) is 6.33. The zero-order valence-corrected chi connectivity index (χ0v) is 13.0. The van der Waals surface area contributed by atoms with Crippen LogP contribution < -0.4 is 0 Å². The van der Waals surface area contributed by atoms with Crippen LogP contribution in [-0.2, 0) is 6.54 Å².